The second-order valence-electron chi connectivity index (χ2n) is 7.29. The molecule has 2 N–H and O–H groups in total. The number of amides is 1. The highest BCUT2D eigenvalue weighted by atomic mass is 35.5. The summed E-state index contributed by atoms with van der Waals surface area (Å²) in [5.74, 6) is 1.94. The van der Waals surface area contributed by atoms with Crippen molar-refractivity contribution in [3.05, 3.63) is 35.3 Å². The minimum atomic E-state index is 0. The van der Waals surface area contributed by atoms with Gasteiger partial charge in [-0.1, -0.05) is 6.92 Å². The van der Waals surface area contributed by atoms with E-state index in [-0.39, 0.29) is 24.4 Å². The van der Waals surface area contributed by atoms with Crippen molar-refractivity contribution in [2.24, 2.45) is 17.6 Å². The second-order valence-corrected chi connectivity index (χ2v) is 8.14. The van der Waals surface area contributed by atoms with Crippen LogP contribution < -0.4 is 10.5 Å². The first kappa shape index (κ1) is 20.1. The molecule has 1 amide bonds. The van der Waals surface area contributed by atoms with Crippen LogP contribution in [0.4, 0.5) is 0 Å². The van der Waals surface area contributed by atoms with Gasteiger partial charge in [0.1, 0.15) is 16.5 Å². The van der Waals surface area contributed by atoms with Crippen molar-refractivity contribution in [1.82, 2.24) is 9.88 Å². The Balaban J connectivity index is 0.00000210. The van der Waals surface area contributed by atoms with E-state index < -0.39 is 0 Å². The molecule has 0 bridgehead atoms. The summed E-state index contributed by atoms with van der Waals surface area (Å²) in [6.07, 6.45) is 3.23. The molecule has 1 aliphatic carbocycles. The van der Waals surface area contributed by atoms with Gasteiger partial charge in [-0.2, -0.15) is 0 Å². The molecule has 5 nitrogen and oxygen atoms in total. The Morgan fingerprint density at radius 2 is 2.07 bits per heavy atom. The molecule has 1 aromatic heterocycles. The zero-order chi connectivity index (χ0) is 18.1. The Kier molecular flexibility index (Phi) is 6.40. The summed E-state index contributed by atoms with van der Waals surface area (Å²) in [5.41, 5.74) is 7.74. The third-order valence-electron chi connectivity index (χ3n) is 5.50. The Hall–Kier alpha value is -1.63. The van der Waals surface area contributed by atoms with Gasteiger partial charge in [0, 0.05) is 30.1 Å². The number of nitrogens with two attached hydrogens (primary N) is 1. The van der Waals surface area contributed by atoms with Gasteiger partial charge in [0.25, 0.3) is 5.91 Å². The third-order valence-corrected chi connectivity index (χ3v) is 6.39. The number of carbonyl (C=O) groups excluding carboxylic acids is 1. The van der Waals surface area contributed by atoms with E-state index in [1.165, 1.54) is 11.3 Å². The van der Waals surface area contributed by atoms with Gasteiger partial charge in [0.2, 0.25) is 0 Å². The van der Waals surface area contributed by atoms with E-state index in [0.29, 0.717) is 17.5 Å². The van der Waals surface area contributed by atoms with Gasteiger partial charge in [0.15, 0.2) is 0 Å². The van der Waals surface area contributed by atoms with Gasteiger partial charge in [0.05, 0.1) is 6.61 Å². The van der Waals surface area contributed by atoms with Crippen LogP contribution in [0.5, 0.6) is 5.75 Å². The van der Waals surface area contributed by atoms with Crippen molar-refractivity contribution < 1.29 is 9.53 Å². The number of benzene rings is 1. The molecule has 7 heteroatoms. The van der Waals surface area contributed by atoms with Crippen LogP contribution in [0.15, 0.2) is 29.6 Å². The fraction of sp³-hybridized carbons (Fsp3) is 0.500. The van der Waals surface area contributed by atoms with Gasteiger partial charge in [-0.05, 0) is 55.4 Å². The summed E-state index contributed by atoms with van der Waals surface area (Å²) in [6.45, 7) is 4.41. The van der Waals surface area contributed by atoms with Crippen molar-refractivity contribution in [1.29, 1.82) is 0 Å². The molecular weight excluding hydrogens is 382 g/mol. The molecule has 3 atom stereocenters. The Labute approximate surface area is 170 Å². The number of thiazole rings is 1. The van der Waals surface area contributed by atoms with Gasteiger partial charge in [-0.3, -0.25) is 4.79 Å². The van der Waals surface area contributed by atoms with E-state index in [4.69, 9.17) is 10.5 Å². The summed E-state index contributed by atoms with van der Waals surface area (Å²) in [4.78, 5) is 19.3. The molecule has 1 saturated heterocycles. The number of rotatable bonds is 5. The van der Waals surface area contributed by atoms with Crippen LogP contribution in [0.1, 0.15) is 36.7 Å². The third kappa shape index (κ3) is 4.13. The molecule has 0 spiro atoms. The van der Waals surface area contributed by atoms with E-state index >= 15 is 0 Å². The fourth-order valence-corrected chi connectivity index (χ4v) is 4.85. The molecular formula is C20H26ClN3O2S. The van der Waals surface area contributed by atoms with Crippen molar-refractivity contribution in [2.75, 3.05) is 19.7 Å². The highest BCUT2D eigenvalue weighted by molar-refractivity contribution is 7.13. The largest absolute Gasteiger partial charge is 0.494 e. The summed E-state index contributed by atoms with van der Waals surface area (Å²) >= 11 is 1.51. The summed E-state index contributed by atoms with van der Waals surface area (Å²) < 4.78 is 5.61. The smallest absolute Gasteiger partial charge is 0.273 e. The minimum Gasteiger partial charge on any atom is -0.494 e. The van der Waals surface area contributed by atoms with Gasteiger partial charge >= 0.3 is 0 Å². The standard InChI is InChI=1S/C20H25N3O2S.ClH/c1-2-9-25-15-6-3-13(4-7-15)19-22-18(12-26-19)20(24)23-10-14-5-8-17(21)16(14)11-23;/h3-4,6-7,12,14,16-17H,2,5,8-11,21H2,1H3;1H. The lowest BCUT2D eigenvalue weighted by molar-refractivity contribution is 0.0774. The first-order valence-electron chi connectivity index (χ1n) is 9.39. The summed E-state index contributed by atoms with van der Waals surface area (Å²) in [7, 11) is 0. The maximum Gasteiger partial charge on any atom is 0.273 e. The SMILES string of the molecule is CCCOc1ccc(-c2nc(C(=O)N3CC4CCC(N)C4C3)cs2)cc1.Cl. The van der Waals surface area contributed by atoms with Crippen LogP contribution in [-0.2, 0) is 0 Å². The molecule has 1 aromatic carbocycles. The highest BCUT2D eigenvalue weighted by Crippen LogP contribution is 2.37. The first-order chi connectivity index (χ1) is 12.7. The zero-order valence-corrected chi connectivity index (χ0v) is 17.1. The average Bonchev–Trinajstić information content (AvgIpc) is 3.37. The monoisotopic (exact) mass is 407 g/mol. The van der Waals surface area contributed by atoms with Crippen LogP contribution in [-0.4, -0.2) is 41.5 Å². The summed E-state index contributed by atoms with van der Waals surface area (Å²) in [6, 6.07) is 8.15. The molecule has 1 aliphatic heterocycles. The molecule has 2 aromatic rings. The zero-order valence-electron chi connectivity index (χ0n) is 15.5. The molecule has 1 saturated carbocycles. The molecule has 0 radical (unpaired) electrons. The number of fused-ring (bicyclic) bond motifs is 1. The van der Waals surface area contributed by atoms with Crippen molar-refractivity contribution in [2.45, 2.75) is 32.2 Å². The molecule has 3 unspecified atom stereocenters. The summed E-state index contributed by atoms with van der Waals surface area (Å²) in [5, 5.41) is 2.74. The van der Waals surface area contributed by atoms with Gasteiger partial charge in [-0.15, -0.1) is 23.7 Å². The molecule has 2 aliphatic rings. The number of aromatic nitrogens is 1. The molecule has 2 fully saturated rings. The molecule has 27 heavy (non-hydrogen) atoms. The molecule has 146 valence electrons. The number of likely N-dealkylation sites (tertiary alicyclic amines) is 1. The van der Waals surface area contributed by atoms with Crippen LogP contribution in [0.2, 0.25) is 0 Å². The fourth-order valence-electron chi connectivity index (χ4n) is 4.05. The second kappa shape index (κ2) is 8.59. The number of carbonyl (C=O) groups is 1. The van der Waals surface area contributed by atoms with Gasteiger partial charge in [-0.25, -0.2) is 4.98 Å². The lowest BCUT2D eigenvalue weighted by atomic mass is 9.98. The maximum atomic E-state index is 12.8. The molecule has 4 rings (SSSR count). The predicted octanol–water partition coefficient (Wildman–Crippen LogP) is 3.83. The van der Waals surface area contributed by atoms with E-state index in [0.717, 1.165) is 55.3 Å². The van der Waals surface area contributed by atoms with Crippen LogP contribution in [0.3, 0.4) is 0 Å². The van der Waals surface area contributed by atoms with E-state index in [9.17, 15) is 4.79 Å². The van der Waals surface area contributed by atoms with Crippen molar-refractivity contribution in [3.63, 3.8) is 0 Å². The number of ether oxygens (including phenoxy) is 1. The molecule has 2 heterocycles. The van der Waals surface area contributed by atoms with Crippen LogP contribution in [0, 0.1) is 11.8 Å². The van der Waals surface area contributed by atoms with Crippen LogP contribution in [0.25, 0.3) is 10.6 Å². The topological polar surface area (TPSA) is 68.5 Å². The quantitative estimate of drug-likeness (QED) is 0.817. The predicted molar refractivity (Wildman–Crippen MR) is 111 cm³/mol. The number of halogens is 1. The van der Waals surface area contributed by atoms with E-state index in [1.807, 2.05) is 34.5 Å². The lowest BCUT2D eigenvalue weighted by Crippen LogP contribution is -2.33. The average molecular weight is 408 g/mol. The van der Waals surface area contributed by atoms with Crippen LogP contribution >= 0.6 is 23.7 Å². The highest BCUT2D eigenvalue weighted by Gasteiger charge is 2.42. The van der Waals surface area contributed by atoms with E-state index in [1.54, 1.807) is 0 Å². The normalized spacial score (nSPS) is 23.8. The Morgan fingerprint density at radius 3 is 2.78 bits per heavy atom. The first-order valence-corrected chi connectivity index (χ1v) is 10.3. The van der Waals surface area contributed by atoms with E-state index in [2.05, 4.69) is 11.9 Å². The Morgan fingerprint density at radius 1 is 1.30 bits per heavy atom. The van der Waals surface area contributed by atoms with Crippen molar-refractivity contribution in [3.8, 4) is 16.3 Å². The number of hydrogen-bond donors (Lipinski definition) is 1. The maximum absolute atomic E-state index is 12.8. The van der Waals surface area contributed by atoms with Crippen molar-refractivity contribution >= 4 is 29.7 Å². The Bertz CT molecular complexity index is 780. The lowest BCUT2D eigenvalue weighted by Gasteiger charge is -2.17. The number of nitrogens with zero attached hydrogens (tertiary/aromatic N) is 2. The minimum absolute atomic E-state index is 0. The number of hydrogen-bond acceptors (Lipinski definition) is 5. The van der Waals surface area contributed by atoms with Gasteiger partial charge < -0.3 is 15.4 Å².